The molecule has 0 spiro atoms. The van der Waals surface area contributed by atoms with Crippen molar-refractivity contribution >= 4 is 5.91 Å². The van der Waals surface area contributed by atoms with Gasteiger partial charge in [0.1, 0.15) is 0 Å². The van der Waals surface area contributed by atoms with Crippen LogP contribution in [0.4, 0.5) is 0 Å². The molecule has 1 fully saturated rings. The molecule has 114 valence electrons. The number of benzene rings is 1. The Hall–Kier alpha value is -1.61. The molecule has 0 heterocycles. The molecule has 1 atom stereocenters. The summed E-state index contributed by atoms with van der Waals surface area (Å²) in [6.07, 6.45) is 7.98. The Labute approximate surface area is 127 Å². The van der Waals surface area contributed by atoms with E-state index in [2.05, 4.69) is 18.7 Å². The lowest BCUT2D eigenvalue weighted by Crippen LogP contribution is -2.48. The molecular weight excluding hydrogens is 260 g/mol. The minimum absolute atomic E-state index is 0.0812. The van der Waals surface area contributed by atoms with Crippen LogP contribution < -0.4 is 5.73 Å². The predicted molar refractivity (Wildman–Crippen MR) is 86.9 cm³/mol. The van der Waals surface area contributed by atoms with Crippen LogP contribution in [0.3, 0.4) is 0 Å². The fourth-order valence-electron chi connectivity index (χ4n) is 3.08. The first-order valence-corrected chi connectivity index (χ1v) is 7.93. The molecule has 0 bridgehead atoms. The monoisotopic (exact) mass is 286 g/mol. The first kappa shape index (κ1) is 15.8. The molecule has 1 aliphatic carbocycles. The molecule has 1 aromatic rings. The van der Waals surface area contributed by atoms with Gasteiger partial charge in [-0.25, -0.2) is 0 Å². The van der Waals surface area contributed by atoms with Crippen molar-refractivity contribution in [2.75, 3.05) is 6.54 Å². The zero-order chi connectivity index (χ0) is 15.1. The summed E-state index contributed by atoms with van der Waals surface area (Å²) in [7, 11) is 0. The van der Waals surface area contributed by atoms with Crippen LogP contribution >= 0.6 is 0 Å². The smallest absolute Gasteiger partial charge is 0.240 e. The molecule has 1 saturated carbocycles. The number of carbonyl (C=O) groups excluding carboxylic acids is 1. The zero-order valence-corrected chi connectivity index (χ0v) is 12.7. The third-order valence-electron chi connectivity index (χ3n) is 4.28. The molecule has 3 heteroatoms. The fourth-order valence-corrected chi connectivity index (χ4v) is 3.08. The van der Waals surface area contributed by atoms with Gasteiger partial charge in [0.25, 0.3) is 0 Å². The Morgan fingerprint density at radius 2 is 2.00 bits per heavy atom. The van der Waals surface area contributed by atoms with Crippen LogP contribution in [0.15, 0.2) is 43.0 Å². The summed E-state index contributed by atoms with van der Waals surface area (Å²) in [6.45, 7) is 4.39. The van der Waals surface area contributed by atoms with Gasteiger partial charge in [-0.05, 0) is 31.2 Å². The highest BCUT2D eigenvalue weighted by Crippen LogP contribution is 2.24. The molecule has 0 radical (unpaired) electrons. The maximum Gasteiger partial charge on any atom is 0.240 e. The highest BCUT2D eigenvalue weighted by molar-refractivity contribution is 5.82. The third kappa shape index (κ3) is 4.43. The Bertz CT molecular complexity index is 452. The van der Waals surface area contributed by atoms with Gasteiger partial charge < -0.3 is 10.6 Å². The molecule has 1 aromatic carbocycles. The molecule has 0 saturated heterocycles. The van der Waals surface area contributed by atoms with Gasteiger partial charge in [-0.3, -0.25) is 4.79 Å². The van der Waals surface area contributed by atoms with Crippen LogP contribution in [-0.4, -0.2) is 29.4 Å². The van der Waals surface area contributed by atoms with E-state index in [1.807, 2.05) is 23.1 Å². The van der Waals surface area contributed by atoms with Crippen molar-refractivity contribution in [3.63, 3.8) is 0 Å². The summed E-state index contributed by atoms with van der Waals surface area (Å²) in [4.78, 5) is 14.5. The molecule has 0 aromatic heterocycles. The number of hydrogen-bond acceptors (Lipinski definition) is 2. The molecule has 21 heavy (non-hydrogen) atoms. The van der Waals surface area contributed by atoms with Crippen molar-refractivity contribution in [1.29, 1.82) is 0 Å². The van der Waals surface area contributed by atoms with Crippen LogP contribution in [0.5, 0.6) is 0 Å². The first-order valence-electron chi connectivity index (χ1n) is 7.93. The predicted octanol–water partition coefficient (Wildman–Crippen LogP) is 2.90. The van der Waals surface area contributed by atoms with E-state index in [0.717, 1.165) is 19.3 Å². The van der Waals surface area contributed by atoms with Crippen molar-refractivity contribution in [1.82, 2.24) is 4.90 Å². The van der Waals surface area contributed by atoms with E-state index < -0.39 is 6.04 Å². The Kier molecular flexibility index (Phi) is 6.00. The van der Waals surface area contributed by atoms with Gasteiger partial charge in [0.2, 0.25) is 5.91 Å². The van der Waals surface area contributed by atoms with E-state index in [0.29, 0.717) is 19.0 Å². The molecule has 1 amide bonds. The molecule has 3 nitrogen and oxygen atoms in total. The van der Waals surface area contributed by atoms with Crippen LogP contribution in [0.25, 0.3) is 0 Å². The normalized spacial score (nSPS) is 16.6. The van der Waals surface area contributed by atoms with Crippen molar-refractivity contribution in [2.24, 2.45) is 5.73 Å². The van der Waals surface area contributed by atoms with Gasteiger partial charge in [0.05, 0.1) is 6.04 Å². The standard InChI is InChI=1S/C18H26N2O/c1-2-14-20(16-10-6-7-11-16)18(21)17(19)13-12-15-8-4-3-5-9-15/h2-5,8-9,16-17H,1,6-7,10-14,19H2/t17-/m0/s1. The van der Waals surface area contributed by atoms with Crippen molar-refractivity contribution in [3.8, 4) is 0 Å². The van der Waals surface area contributed by atoms with E-state index in [-0.39, 0.29) is 5.91 Å². The molecule has 0 aliphatic heterocycles. The SMILES string of the molecule is C=CCN(C(=O)[C@@H](N)CCc1ccccc1)C1CCCC1. The average Bonchev–Trinajstić information content (AvgIpc) is 3.04. The maximum atomic E-state index is 12.6. The number of amides is 1. The van der Waals surface area contributed by atoms with Gasteiger partial charge >= 0.3 is 0 Å². The second-order valence-electron chi connectivity index (χ2n) is 5.85. The number of nitrogens with two attached hydrogens (primary N) is 1. The van der Waals surface area contributed by atoms with E-state index in [1.165, 1.54) is 18.4 Å². The Morgan fingerprint density at radius 3 is 2.62 bits per heavy atom. The van der Waals surface area contributed by atoms with Crippen LogP contribution in [0, 0.1) is 0 Å². The molecule has 1 aliphatic rings. The zero-order valence-electron chi connectivity index (χ0n) is 12.7. The van der Waals surface area contributed by atoms with Gasteiger partial charge in [0, 0.05) is 12.6 Å². The summed E-state index contributed by atoms with van der Waals surface area (Å²) in [5, 5.41) is 0. The van der Waals surface area contributed by atoms with Gasteiger partial charge in [0.15, 0.2) is 0 Å². The van der Waals surface area contributed by atoms with E-state index in [4.69, 9.17) is 5.73 Å². The minimum Gasteiger partial charge on any atom is -0.335 e. The molecule has 2 rings (SSSR count). The Morgan fingerprint density at radius 1 is 1.33 bits per heavy atom. The van der Waals surface area contributed by atoms with Crippen LogP contribution in [0.2, 0.25) is 0 Å². The summed E-state index contributed by atoms with van der Waals surface area (Å²) in [5.41, 5.74) is 7.37. The summed E-state index contributed by atoms with van der Waals surface area (Å²) >= 11 is 0. The number of carbonyl (C=O) groups is 1. The highest BCUT2D eigenvalue weighted by atomic mass is 16.2. The largest absolute Gasteiger partial charge is 0.335 e. The summed E-state index contributed by atoms with van der Waals surface area (Å²) in [6, 6.07) is 10.1. The topological polar surface area (TPSA) is 46.3 Å². The number of nitrogens with zero attached hydrogens (tertiary/aromatic N) is 1. The van der Waals surface area contributed by atoms with Crippen molar-refractivity contribution in [2.45, 2.75) is 50.6 Å². The maximum absolute atomic E-state index is 12.6. The third-order valence-corrected chi connectivity index (χ3v) is 4.28. The second-order valence-corrected chi connectivity index (χ2v) is 5.85. The summed E-state index contributed by atoms with van der Waals surface area (Å²) < 4.78 is 0. The molecule has 2 N–H and O–H groups in total. The minimum atomic E-state index is -0.411. The lowest BCUT2D eigenvalue weighted by atomic mass is 10.0. The first-order chi connectivity index (χ1) is 10.2. The van der Waals surface area contributed by atoms with E-state index >= 15 is 0 Å². The average molecular weight is 286 g/mol. The summed E-state index contributed by atoms with van der Waals surface area (Å²) in [5.74, 6) is 0.0812. The fraction of sp³-hybridized carbons (Fsp3) is 0.500. The number of rotatable bonds is 7. The quantitative estimate of drug-likeness (QED) is 0.783. The van der Waals surface area contributed by atoms with E-state index in [1.54, 1.807) is 6.08 Å². The second kappa shape index (κ2) is 7.99. The highest BCUT2D eigenvalue weighted by Gasteiger charge is 2.28. The lowest BCUT2D eigenvalue weighted by molar-refractivity contribution is -0.134. The molecule has 0 unspecified atom stereocenters. The van der Waals surface area contributed by atoms with Crippen molar-refractivity contribution < 1.29 is 4.79 Å². The number of aryl methyl sites for hydroxylation is 1. The van der Waals surface area contributed by atoms with Gasteiger partial charge in [-0.15, -0.1) is 6.58 Å². The lowest BCUT2D eigenvalue weighted by Gasteiger charge is -2.30. The van der Waals surface area contributed by atoms with Gasteiger partial charge in [-0.2, -0.15) is 0 Å². The van der Waals surface area contributed by atoms with Crippen LogP contribution in [-0.2, 0) is 11.2 Å². The molecular formula is C18H26N2O. The van der Waals surface area contributed by atoms with Gasteiger partial charge in [-0.1, -0.05) is 49.2 Å². The van der Waals surface area contributed by atoms with E-state index in [9.17, 15) is 4.79 Å². The van der Waals surface area contributed by atoms with Crippen LogP contribution in [0.1, 0.15) is 37.7 Å². The number of hydrogen-bond donors (Lipinski definition) is 1. The van der Waals surface area contributed by atoms with Crippen molar-refractivity contribution in [3.05, 3.63) is 48.6 Å². The Balaban J connectivity index is 1.90.